The molecular formula is C24H19FN4O3. The number of ether oxygens (including phenoxy) is 1. The van der Waals surface area contributed by atoms with Gasteiger partial charge in [0.15, 0.2) is 11.6 Å². The van der Waals surface area contributed by atoms with Crippen LogP contribution < -0.4 is 5.32 Å². The minimum absolute atomic E-state index is 0.102. The summed E-state index contributed by atoms with van der Waals surface area (Å²) in [7, 11) is 0. The standard InChI is InChI=1S/C24H19FN4O3/c1-2-32-24(31)19-15-26-29(21-13-10-17-5-3-4-6-20(17)27-21)23(19)28-22(30)14-9-16-7-11-18(25)12-8-16/h3-15H,2H2,1H3,(H,28,30)/b14-9+. The van der Waals surface area contributed by atoms with Crippen LogP contribution in [-0.2, 0) is 9.53 Å². The van der Waals surface area contributed by atoms with Gasteiger partial charge in [-0.25, -0.2) is 14.2 Å². The predicted octanol–water partition coefficient (Wildman–Crippen LogP) is 4.39. The molecule has 2 heterocycles. The summed E-state index contributed by atoms with van der Waals surface area (Å²) in [6.45, 7) is 1.87. The highest BCUT2D eigenvalue weighted by Crippen LogP contribution is 2.22. The van der Waals surface area contributed by atoms with Crippen LogP contribution in [0.1, 0.15) is 22.8 Å². The van der Waals surface area contributed by atoms with Crippen molar-refractivity contribution in [2.45, 2.75) is 6.92 Å². The number of benzene rings is 2. The summed E-state index contributed by atoms with van der Waals surface area (Å²) >= 11 is 0. The van der Waals surface area contributed by atoms with Crippen LogP contribution >= 0.6 is 0 Å². The molecule has 0 aliphatic heterocycles. The average Bonchev–Trinajstić information content (AvgIpc) is 3.22. The summed E-state index contributed by atoms with van der Waals surface area (Å²) in [6, 6.07) is 16.9. The number of hydrogen-bond acceptors (Lipinski definition) is 5. The molecule has 1 N–H and O–H groups in total. The minimum atomic E-state index is -0.614. The third-order valence-electron chi connectivity index (χ3n) is 4.60. The van der Waals surface area contributed by atoms with Gasteiger partial charge >= 0.3 is 5.97 Å². The molecule has 2 aromatic carbocycles. The molecular weight excluding hydrogens is 411 g/mol. The highest BCUT2D eigenvalue weighted by atomic mass is 19.1. The van der Waals surface area contributed by atoms with E-state index in [1.807, 2.05) is 30.3 Å². The van der Waals surface area contributed by atoms with Crippen molar-refractivity contribution in [3.05, 3.63) is 89.9 Å². The summed E-state index contributed by atoms with van der Waals surface area (Å²) < 4.78 is 19.5. The number of anilines is 1. The molecule has 1 amide bonds. The van der Waals surface area contributed by atoms with Gasteiger partial charge in [0.2, 0.25) is 5.91 Å². The molecule has 0 radical (unpaired) electrons. The van der Waals surface area contributed by atoms with Crippen molar-refractivity contribution in [3.63, 3.8) is 0 Å². The van der Waals surface area contributed by atoms with Crippen LogP contribution in [0, 0.1) is 5.82 Å². The van der Waals surface area contributed by atoms with E-state index in [-0.39, 0.29) is 23.8 Å². The number of carbonyl (C=O) groups is 2. The molecule has 0 bridgehead atoms. The zero-order chi connectivity index (χ0) is 22.5. The van der Waals surface area contributed by atoms with Crippen molar-refractivity contribution < 1.29 is 18.7 Å². The van der Waals surface area contributed by atoms with E-state index >= 15 is 0 Å². The van der Waals surface area contributed by atoms with Gasteiger partial charge < -0.3 is 10.1 Å². The smallest absolute Gasteiger partial charge is 0.343 e. The first-order chi connectivity index (χ1) is 15.5. The maximum absolute atomic E-state index is 13.1. The van der Waals surface area contributed by atoms with E-state index in [0.717, 1.165) is 10.9 Å². The van der Waals surface area contributed by atoms with Crippen LogP contribution in [0.5, 0.6) is 0 Å². The van der Waals surface area contributed by atoms with Crippen LogP contribution in [0.4, 0.5) is 10.2 Å². The molecule has 0 fully saturated rings. The number of hydrogen-bond donors (Lipinski definition) is 1. The lowest BCUT2D eigenvalue weighted by Gasteiger charge is -2.10. The zero-order valence-corrected chi connectivity index (χ0v) is 17.2. The molecule has 0 aliphatic rings. The Balaban J connectivity index is 1.67. The van der Waals surface area contributed by atoms with Crippen molar-refractivity contribution >= 4 is 34.7 Å². The Morgan fingerprint density at radius 3 is 2.66 bits per heavy atom. The molecule has 0 atom stereocenters. The second-order valence-electron chi connectivity index (χ2n) is 6.78. The van der Waals surface area contributed by atoms with Crippen molar-refractivity contribution in [1.29, 1.82) is 0 Å². The molecule has 4 aromatic rings. The van der Waals surface area contributed by atoms with E-state index < -0.39 is 11.9 Å². The van der Waals surface area contributed by atoms with Crippen molar-refractivity contribution in [2.75, 3.05) is 11.9 Å². The molecule has 2 aromatic heterocycles. The van der Waals surface area contributed by atoms with Crippen LogP contribution in [0.3, 0.4) is 0 Å². The molecule has 4 rings (SSSR count). The fourth-order valence-corrected chi connectivity index (χ4v) is 3.08. The Hall–Kier alpha value is -4.33. The Morgan fingerprint density at radius 2 is 1.88 bits per heavy atom. The summed E-state index contributed by atoms with van der Waals surface area (Å²) in [6.07, 6.45) is 4.15. The van der Waals surface area contributed by atoms with E-state index in [4.69, 9.17) is 4.74 Å². The number of carbonyl (C=O) groups excluding carboxylic acids is 2. The molecule has 8 heteroatoms. The van der Waals surface area contributed by atoms with Gasteiger partial charge in [-0.3, -0.25) is 4.79 Å². The number of para-hydroxylation sites is 1. The fraction of sp³-hybridized carbons (Fsp3) is 0.0833. The van der Waals surface area contributed by atoms with Gasteiger partial charge in [0, 0.05) is 11.5 Å². The molecule has 0 saturated carbocycles. The van der Waals surface area contributed by atoms with E-state index in [2.05, 4.69) is 15.4 Å². The lowest BCUT2D eigenvalue weighted by Crippen LogP contribution is -2.16. The molecule has 7 nitrogen and oxygen atoms in total. The van der Waals surface area contributed by atoms with Gasteiger partial charge in [-0.1, -0.05) is 30.3 Å². The molecule has 160 valence electrons. The van der Waals surface area contributed by atoms with E-state index in [1.165, 1.54) is 35.2 Å². The van der Waals surface area contributed by atoms with E-state index in [0.29, 0.717) is 11.4 Å². The zero-order valence-electron chi connectivity index (χ0n) is 17.2. The number of aromatic nitrogens is 3. The van der Waals surface area contributed by atoms with Crippen molar-refractivity contribution in [1.82, 2.24) is 14.8 Å². The molecule has 0 unspecified atom stereocenters. The van der Waals surface area contributed by atoms with Gasteiger partial charge in [0.05, 0.1) is 18.3 Å². The monoisotopic (exact) mass is 430 g/mol. The predicted molar refractivity (Wildman–Crippen MR) is 119 cm³/mol. The maximum Gasteiger partial charge on any atom is 0.343 e. The van der Waals surface area contributed by atoms with E-state index in [9.17, 15) is 14.0 Å². The topological polar surface area (TPSA) is 86.1 Å². The normalized spacial score (nSPS) is 11.1. The Morgan fingerprint density at radius 1 is 1.09 bits per heavy atom. The van der Waals surface area contributed by atoms with Crippen LogP contribution in [0.25, 0.3) is 22.8 Å². The number of halogens is 1. The first-order valence-electron chi connectivity index (χ1n) is 9.91. The lowest BCUT2D eigenvalue weighted by molar-refractivity contribution is -0.111. The molecule has 32 heavy (non-hydrogen) atoms. The third kappa shape index (κ3) is 4.54. The third-order valence-corrected chi connectivity index (χ3v) is 4.60. The summed E-state index contributed by atoms with van der Waals surface area (Å²) in [4.78, 5) is 29.6. The second kappa shape index (κ2) is 9.22. The van der Waals surface area contributed by atoms with E-state index in [1.54, 1.807) is 25.1 Å². The molecule has 0 spiro atoms. The Labute approximate surface area is 183 Å². The lowest BCUT2D eigenvalue weighted by atomic mass is 10.2. The number of nitrogens with zero attached hydrogens (tertiary/aromatic N) is 3. The first kappa shape index (κ1) is 20.9. The second-order valence-corrected chi connectivity index (χ2v) is 6.78. The maximum atomic E-state index is 13.1. The van der Waals surface area contributed by atoms with Gasteiger partial charge in [-0.05, 0) is 48.9 Å². The quantitative estimate of drug-likeness (QED) is 0.362. The van der Waals surface area contributed by atoms with Gasteiger partial charge in [0.25, 0.3) is 0 Å². The fourth-order valence-electron chi connectivity index (χ4n) is 3.08. The van der Waals surface area contributed by atoms with Gasteiger partial charge in [-0.15, -0.1) is 0 Å². The number of rotatable bonds is 6. The Bertz CT molecular complexity index is 1310. The van der Waals surface area contributed by atoms with Crippen LogP contribution in [0.15, 0.2) is 72.9 Å². The number of esters is 1. The number of pyridine rings is 1. The summed E-state index contributed by atoms with van der Waals surface area (Å²) in [5.74, 6) is -0.908. The van der Waals surface area contributed by atoms with Crippen LogP contribution in [-0.4, -0.2) is 33.2 Å². The Kier molecular flexibility index (Phi) is 6.03. The van der Waals surface area contributed by atoms with Gasteiger partial charge in [-0.2, -0.15) is 9.78 Å². The van der Waals surface area contributed by atoms with Crippen molar-refractivity contribution in [3.8, 4) is 5.82 Å². The molecule has 0 saturated heterocycles. The largest absolute Gasteiger partial charge is 0.462 e. The number of fused-ring (bicyclic) bond motifs is 1. The van der Waals surface area contributed by atoms with Gasteiger partial charge in [0.1, 0.15) is 11.4 Å². The van der Waals surface area contributed by atoms with Crippen molar-refractivity contribution in [2.24, 2.45) is 0 Å². The highest BCUT2D eigenvalue weighted by molar-refractivity contribution is 6.05. The summed E-state index contributed by atoms with van der Waals surface area (Å²) in [5.41, 5.74) is 1.49. The number of amides is 1. The molecule has 0 aliphatic carbocycles. The average molecular weight is 430 g/mol. The highest BCUT2D eigenvalue weighted by Gasteiger charge is 2.21. The SMILES string of the molecule is CCOC(=O)c1cnn(-c2ccc3ccccc3n2)c1NC(=O)/C=C/c1ccc(F)cc1. The van der Waals surface area contributed by atoms with Crippen LogP contribution in [0.2, 0.25) is 0 Å². The minimum Gasteiger partial charge on any atom is -0.462 e. The first-order valence-corrected chi connectivity index (χ1v) is 9.91. The number of nitrogens with one attached hydrogen (secondary N) is 1. The summed E-state index contributed by atoms with van der Waals surface area (Å²) in [5, 5.41) is 7.88.